The highest BCUT2D eigenvalue weighted by Crippen LogP contribution is 2.17. The van der Waals surface area contributed by atoms with Gasteiger partial charge in [0.1, 0.15) is 12.6 Å². The molecule has 0 spiro atoms. The SMILES string of the molecule is CN1CCN(C(=O)OCc2ccccc2)C(C(F)F)C1. The molecule has 0 bridgehead atoms. The smallest absolute Gasteiger partial charge is 0.410 e. The van der Waals surface area contributed by atoms with Crippen LogP contribution in [-0.2, 0) is 11.3 Å². The molecule has 1 aromatic rings. The summed E-state index contributed by atoms with van der Waals surface area (Å²) in [4.78, 5) is 14.9. The number of rotatable bonds is 3. The molecule has 1 fully saturated rings. The van der Waals surface area contributed by atoms with Crippen molar-refractivity contribution in [1.82, 2.24) is 9.80 Å². The van der Waals surface area contributed by atoms with Crippen molar-refractivity contribution in [1.29, 1.82) is 0 Å². The summed E-state index contributed by atoms with van der Waals surface area (Å²) >= 11 is 0. The molecule has 0 saturated carbocycles. The summed E-state index contributed by atoms with van der Waals surface area (Å²) in [5.74, 6) is 0. The Hall–Kier alpha value is -1.69. The van der Waals surface area contributed by atoms with Crippen LogP contribution in [0, 0.1) is 0 Å². The van der Waals surface area contributed by atoms with Crippen LogP contribution in [0.3, 0.4) is 0 Å². The zero-order valence-electron chi connectivity index (χ0n) is 11.3. The van der Waals surface area contributed by atoms with E-state index in [1.807, 2.05) is 30.3 Å². The second-order valence-electron chi connectivity index (χ2n) is 4.90. The van der Waals surface area contributed by atoms with Gasteiger partial charge in [0.15, 0.2) is 0 Å². The molecule has 1 atom stereocenters. The topological polar surface area (TPSA) is 32.8 Å². The number of piperazine rings is 1. The van der Waals surface area contributed by atoms with Crippen LogP contribution in [0.15, 0.2) is 30.3 Å². The molecule has 1 saturated heterocycles. The normalized spacial score (nSPS) is 20.2. The monoisotopic (exact) mass is 284 g/mol. The van der Waals surface area contributed by atoms with Crippen LogP contribution in [0.25, 0.3) is 0 Å². The first-order valence-electron chi connectivity index (χ1n) is 6.52. The third-order valence-corrected chi connectivity index (χ3v) is 3.35. The number of hydrogen-bond acceptors (Lipinski definition) is 3. The van der Waals surface area contributed by atoms with E-state index < -0.39 is 18.6 Å². The van der Waals surface area contributed by atoms with E-state index in [9.17, 15) is 13.6 Å². The first-order chi connectivity index (χ1) is 9.58. The number of carbonyl (C=O) groups excluding carboxylic acids is 1. The summed E-state index contributed by atoms with van der Waals surface area (Å²) in [7, 11) is 1.77. The predicted octanol–water partition coefficient (Wildman–Crippen LogP) is 2.20. The Labute approximate surface area is 116 Å². The molecule has 1 heterocycles. The first kappa shape index (κ1) is 14.7. The Balaban J connectivity index is 1.93. The van der Waals surface area contributed by atoms with E-state index in [1.165, 1.54) is 0 Å². The molecule has 1 amide bonds. The van der Waals surface area contributed by atoms with Gasteiger partial charge in [-0.3, -0.25) is 4.90 Å². The maximum Gasteiger partial charge on any atom is 0.410 e. The fourth-order valence-corrected chi connectivity index (χ4v) is 2.20. The molecule has 0 aliphatic carbocycles. The second kappa shape index (κ2) is 6.65. The van der Waals surface area contributed by atoms with Gasteiger partial charge in [0.2, 0.25) is 0 Å². The molecule has 1 aliphatic heterocycles. The summed E-state index contributed by atoms with van der Waals surface area (Å²) in [5, 5.41) is 0. The minimum atomic E-state index is -2.57. The molecule has 1 aliphatic rings. The number of alkyl halides is 2. The van der Waals surface area contributed by atoms with Crippen LogP contribution < -0.4 is 0 Å². The van der Waals surface area contributed by atoms with Crippen molar-refractivity contribution in [3.8, 4) is 0 Å². The van der Waals surface area contributed by atoms with Crippen molar-refractivity contribution in [3.05, 3.63) is 35.9 Å². The van der Waals surface area contributed by atoms with Crippen LogP contribution in [-0.4, -0.2) is 55.0 Å². The Kier molecular flexibility index (Phi) is 4.89. The third kappa shape index (κ3) is 3.66. The van der Waals surface area contributed by atoms with Crippen LogP contribution in [0.2, 0.25) is 0 Å². The summed E-state index contributed by atoms with van der Waals surface area (Å²) in [6.45, 7) is 1.10. The van der Waals surface area contributed by atoms with Crippen molar-refractivity contribution in [2.45, 2.75) is 19.1 Å². The van der Waals surface area contributed by atoms with E-state index in [0.717, 1.165) is 10.5 Å². The second-order valence-corrected chi connectivity index (χ2v) is 4.90. The van der Waals surface area contributed by atoms with Gasteiger partial charge in [-0.1, -0.05) is 30.3 Å². The number of hydrogen-bond donors (Lipinski definition) is 0. The molecule has 110 valence electrons. The highest BCUT2D eigenvalue weighted by atomic mass is 19.3. The van der Waals surface area contributed by atoms with Crippen molar-refractivity contribution in [2.75, 3.05) is 26.7 Å². The minimum Gasteiger partial charge on any atom is -0.445 e. The Morgan fingerprint density at radius 2 is 2.05 bits per heavy atom. The maximum atomic E-state index is 13.0. The zero-order valence-corrected chi connectivity index (χ0v) is 11.3. The van der Waals surface area contributed by atoms with Crippen molar-refractivity contribution >= 4 is 6.09 Å². The number of ether oxygens (including phenoxy) is 1. The zero-order chi connectivity index (χ0) is 14.5. The Bertz CT molecular complexity index is 442. The van der Waals surface area contributed by atoms with E-state index in [4.69, 9.17) is 4.74 Å². The quantitative estimate of drug-likeness (QED) is 0.853. The Morgan fingerprint density at radius 3 is 2.70 bits per heavy atom. The Morgan fingerprint density at radius 1 is 1.35 bits per heavy atom. The van der Waals surface area contributed by atoms with Gasteiger partial charge in [0, 0.05) is 19.6 Å². The number of benzene rings is 1. The van der Waals surface area contributed by atoms with Gasteiger partial charge in [-0.2, -0.15) is 0 Å². The van der Waals surface area contributed by atoms with E-state index in [0.29, 0.717) is 6.54 Å². The lowest BCUT2D eigenvalue weighted by atomic mass is 10.2. The molecule has 2 rings (SSSR count). The van der Waals surface area contributed by atoms with Gasteiger partial charge in [-0.05, 0) is 12.6 Å². The molecule has 6 heteroatoms. The molecule has 0 aromatic heterocycles. The number of likely N-dealkylation sites (N-methyl/N-ethyl adjacent to an activating group) is 1. The third-order valence-electron chi connectivity index (χ3n) is 3.35. The molecule has 1 aromatic carbocycles. The van der Waals surface area contributed by atoms with Gasteiger partial charge in [0.25, 0.3) is 6.43 Å². The number of nitrogens with zero attached hydrogens (tertiary/aromatic N) is 2. The number of amides is 1. The molecule has 20 heavy (non-hydrogen) atoms. The molecular weight excluding hydrogens is 266 g/mol. The summed E-state index contributed by atoms with van der Waals surface area (Å²) in [6, 6.07) is 8.07. The maximum absolute atomic E-state index is 13.0. The lowest BCUT2D eigenvalue weighted by molar-refractivity contribution is -0.0191. The van der Waals surface area contributed by atoms with Crippen LogP contribution in [0.5, 0.6) is 0 Å². The minimum absolute atomic E-state index is 0.0992. The first-order valence-corrected chi connectivity index (χ1v) is 6.52. The van der Waals surface area contributed by atoms with Crippen molar-refractivity contribution in [2.24, 2.45) is 0 Å². The summed E-state index contributed by atoms with van der Waals surface area (Å²) in [6.07, 6.45) is -3.24. The summed E-state index contributed by atoms with van der Waals surface area (Å²) < 4.78 is 31.1. The largest absolute Gasteiger partial charge is 0.445 e. The van der Waals surface area contributed by atoms with Gasteiger partial charge in [-0.25, -0.2) is 13.6 Å². The molecule has 1 unspecified atom stereocenters. The fraction of sp³-hybridized carbons (Fsp3) is 0.500. The van der Waals surface area contributed by atoms with Crippen molar-refractivity contribution < 1.29 is 18.3 Å². The average molecular weight is 284 g/mol. The van der Waals surface area contributed by atoms with Crippen LogP contribution >= 0.6 is 0 Å². The lowest BCUT2D eigenvalue weighted by Gasteiger charge is -2.38. The average Bonchev–Trinajstić information content (AvgIpc) is 2.45. The fourth-order valence-electron chi connectivity index (χ4n) is 2.20. The lowest BCUT2D eigenvalue weighted by Crippen LogP contribution is -2.57. The van der Waals surface area contributed by atoms with E-state index in [2.05, 4.69) is 0 Å². The molecule has 4 nitrogen and oxygen atoms in total. The summed E-state index contributed by atoms with van der Waals surface area (Å²) in [5.41, 5.74) is 0.837. The highest BCUT2D eigenvalue weighted by molar-refractivity contribution is 5.68. The van der Waals surface area contributed by atoms with Crippen molar-refractivity contribution in [3.63, 3.8) is 0 Å². The van der Waals surface area contributed by atoms with Crippen LogP contribution in [0.4, 0.5) is 13.6 Å². The van der Waals surface area contributed by atoms with Gasteiger partial charge in [0.05, 0.1) is 0 Å². The highest BCUT2D eigenvalue weighted by Gasteiger charge is 2.36. The molecular formula is C14H18F2N2O2. The molecule has 0 N–H and O–H groups in total. The van der Waals surface area contributed by atoms with Gasteiger partial charge >= 0.3 is 6.09 Å². The van der Waals surface area contributed by atoms with E-state index >= 15 is 0 Å². The van der Waals surface area contributed by atoms with Crippen LogP contribution in [0.1, 0.15) is 5.56 Å². The standard InChI is InChI=1S/C14H18F2N2O2/c1-17-7-8-18(12(9-17)13(15)16)14(19)20-10-11-5-3-2-4-6-11/h2-6,12-13H,7-10H2,1H3. The van der Waals surface area contributed by atoms with E-state index in [-0.39, 0.29) is 19.7 Å². The molecule has 0 radical (unpaired) electrons. The van der Waals surface area contributed by atoms with Gasteiger partial charge in [-0.15, -0.1) is 0 Å². The number of halogens is 2. The van der Waals surface area contributed by atoms with E-state index in [1.54, 1.807) is 11.9 Å². The number of carbonyl (C=O) groups is 1. The van der Waals surface area contributed by atoms with Gasteiger partial charge < -0.3 is 9.64 Å². The predicted molar refractivity (Wildman–Crippen MR) is 70.6 cm³/mol.